The van der Waals surface area contributed by atoms with Crippen molar-refractivity contribution in [1.29, 1.82) is 0 Å². The third-order valence-corrected chi connectivity index (χ3v) is 3.82. The first-order valence-corrected chi connectivity index (χ1v) is 7.78. The normalized spacial score (nSPS) is 16.8. The van der Waals surface area contributed by atoms with Crippen molar-refractivity contribution in [3.05, 3.63) is 47.5 Å². The summed E-state index contributed by atoms with van der Waals surface area (Å²) in [5.41, 5.74) is 1.10. The van der Waals surface area contributed by atoms with Crippen molar-refractivity contribution < 1.29 is 9.53 Å². The second kappa shape index (κ2) is 8.78. The molecule has 1 aromatic carbocycles. The molecule has 0 saturated carbocycles. The Labute approximate surface area is 136 Å². The smallest absolute Gasteiger partial charge is 0.315 e. The third kappa shape index (κ3) is 5.02. The largest absolute Gasteiger partial charge is 0.379 e. The predicted octanol–water partition coefficient (Wildman–Crippen LogP) is 2.20. The standard InChI is InChI=1S/C16H22ClN3O2/c1-2-6-18-16(21)19-12-15(20-7-9-22-10-8-20)13-4-3-5-14(17)11-13/h2-5,11,15H,1,6-10,12H2,(H2,18,19,21)/t15-/m0/s1. The molecule has 2 N–H and O–H groups in total. The summed E-state index contributed by atoms with van der Waals surface area (Å²) < 4.78 is 5.41. The summed E-state index contributed by atoms with van der Waals surface area (Å²) in [6.07, 6.45) is 1.65. The van der Waals surface area contributed by atoms with Crippen molar-refractivity contribution in [2.75, 3.05) is 39.4 Å². The number of benzene rings is 1. The van der Waals surface area contributed by atoms with Crippen LogP contribution < -0.4 is 10.6 Å². The molecule has 5 nitrogen and oxygen atoms in total. The van der Waals surface area contributed by atoms with Gasteiger partial charge in [0.15, 0.2) is 0 Å². The van der Waals surface area contributed by atoms with Crippen molar-refractivity contribution in [2.45, 2.75) is 6.04 Å². The Morgan fingerprint density at radius 3 is 2.86 bits per heavy atom. The maximum Gasteiger partial charge on any atom is 0.315 e. The van der Waals surface area contributed by atoms with Crippen LogP contribution in [0.25, 0.3) is 0 Å². The number of amides is 2. The highest BCUT2D eigenvalue weighted by Gasteiger charge is 2.23. The van der Waals surface area contributed by atoms with E-state index in [0.717, 1.165) is 18.7 Å². The van der Waals surface area contributed by atoms with Crippen molar-refractivity contribution in [1.82, 2.24) is 15.5 Å². The first kappa shape index (κ1) is 16.8. The molecule has 1 saturated heterocycles. The molecule has 120 valence electrons. The molecule has 2 rings (SSSR count). The van der Waals surface area contributed by atoms with Crippen molar-refractivity contribution in [2.24, 2.45) is 0 Å². The van der Waals surface area contributed by atoms with E-state index >= 15 is 0 Å². The molecule has 1 aromatic rings. The van der Waals surface area contributed by atoms with Gasteiger partial charge in [0.05, 0.1) is 19.3 Å². The van der Waals surface area contributed by atoms with Crippen LogP contribution in [-0.2, 0) is 4.74 Å². The fourth-order valence-electron chi connectivity index (χ4n) is 2.48. The summed E-state index contributed by atoms with van der Waals surface area (Å²) in [7, 11) is 0. The maximum atomic E-state index is 11.7. The molecule has 1 heterocycles. The third-order valence-electron chi connectivity index (χ3n) is 3.58. The van der Waals surface area contributed by atoms with E-state index in [1.165, 1.54) is 0 Å². The summed E-state index contributed by atoms with van der Waals surface area (Å²) in [6, 6.07) is 7.66. The van der Waals surface area contributed by atoms with Crippen LogP contribution in [0.3, 0.4) is 0 Å². The molecule has 2 amide bonds. The van der Waals surface area contributed by atoms with Gasteiger partial charge < -0.3 is 15.4 Å². The first-order valence-electron chi connectivity index (χ1n) is 7.40. The highest BCUT2D eigenvalue weighted by atomic mass is 35.5. The molecule has 0 aliphatic carbocycles. The number of morpholine rings is 1. The lowest BCUT2D eigenvalue weighted by Gasteiger charge is -2.35. The molecule has 0 unspecified atom stereocenters. The maximum absolute atomic E-state index is 11.7. The van der Waals surface area contributed by atoms with Crippen molar-refractivity contribution >= 4 is 17.6 Å². The molecule has 1 aliphatic rings. The monoisotopic (exact) mass is 323 g/mol. The minimum absolute atomic E-state index is 0.0806. The Bertz CT molecular complexity index is 504. The zero-order chi connectivity index (χ0) is 15.8. The van der Waals surface area contributed by atoms with Gasteiger partial charge in [-0.1, -0.05) is 29.8 Å². The SMILES string of the molecule is C=CCNC(=O)NC[C@@H](c1cccc(Cl)c1)N1CCOCC1. The molecule has 0 aromatic heterocycles. The van der Waals surface area contributed by atoms with E-state index in [1.807, 2.05) is 24.3 Å². The Kier molecular flexibility index (Phi) is 6.71. The molecule has 1 aliphatic heterocycles. The Morgan fingerprint density at radius 1 is 1.41 bits per heavy atom. The van der Waals surface area contributed by atoms with E-state index in [1.54, 1.807) is 6.08 Å². The topological polar surface area (TPSA) is 53.6 Å². The minimum Gasteiger partial charge on any atom is -0.379 e. The first-order chi connectivity index (χ1) is 10.7. The molecule has 0 spiro atoms. The number of carbonyl (C=O) groups is 1. The Hall–Kier alpha value is -1.56. The molecule has 1 fully saturated rings. The van der Waals surface area contributed by atoms with Gasteiger partial charge in [-0.2, -0.15) is 0 Å². The fraction of sp³-hybridized carbons (Fsp3) is 0.438. The van der Waals surface area contributed by atoms with Crippen LogP contribution >= 0.6 is 11.6 Å². The summed E-state index contributed by atoms with van der Waals surface area (Å²) >= 11 is 6.11. The molecule has 0 bridgehead atoms. The average molecular weight is 324 g/mol. The second-order valence-corrected chi connectivity index (χ2v) is 5.54. The fourth-order valence-corrected chi connectivity index (χ4v) is 2.68. The van der Waals surface area contributed by atoms with E-state index in [-0.39, 0.29) is 12.1 Å². The molecule has 22 heavy (non-hydrogen) atoms. The van der Waals surface area contributed by atoms with Gasteiger partial charge in [-0.3, -0.25) is 4.90 Å². The van der Waals surface area contributed by atoms with E-state index in [4.69, 9.17) is 16.3 Å². The summed E-state index contributed by atoms with van der Waals surface area (Å²) in [5, 5.41) is 6.33. The number of hydrogen-bond acceptors (Lipinski definition) is 3. The van der Waals surface area contributed by atoms with E-state index in [9.17, 15) is 4.79 Å². The van der Waals surface area contributed by atoms with Gasteiger partial charge in [0.25, 0.3) is 0 Å². The number of ether oxygens (including phenoxy) is 1. The van der Waals surface area contributed by atoms with E-state index in [2.05, 4.69) is 22.1 Å². The number of nitrogens with one attached hydrogen (secondary N) is 2. The van der Waals surface area contributed by atoms with Crippen LogP contribution in [0.5, 0.6) is 0 Å². The zero-order valence-corrected chi connectivity index (χ0v) is 13.3. The lowest BCUT2D eigenvalue weighted by atomic mass is 10.0. The van der Waals surface area contributed by atoms with Crippen LogP contribution in [0.2, 0.25) is 5.02 Å². The number of rotatable bonds is 6. The summed E-state index contributed by atoms with van der Waals surface area (Å²) in [6.45, 7) is 7.64. The molecule has 1 atom stereocenters. The van der Waals surface area contributed by atoms with E-state index in [0.29, 0.717) is 31.3 Å². The van der Waals surface area contributed by atoms with Crippen molar-refractivity contribution in [3.8, 4) is 0 Å². The van der Waals surface area contributed by atoms with Crippen molar-refractivity contribution in [3.63, 3.8) is 0 Å². The lowest BCUT2D eigenvalue weighted by molar-refractivity contribution is 0.0167. The van der Waals surface area contributed by atoms with Gasteiger partial charge in [-0.25, -0.2) is 4.79 Å². The van der Waals surface area contributed by atoms with Gasteiger partial charge in [0.2, 0.25) is 0 Å². The Morgan fingerprint density at radius 2 is 2.18 bits per heavy atom. The van der Waals surface area contributed by atoms with Crippen LogP contribution in [0.4, 0.5) is 4.79 Å². The van der Waals surface area contributed by atoms with Crippen LogP contribution in [0.1, 0.15) is 11.6 Å². The summed E-state index contributed by atoms with van der Waals surface area (Å²) in [4.78, 5) is 14.1. The van der Waals surface area contributed by atoms with E-state index < -0.39 is 0 Å². The van der Waals surface area contributed by atoms with Gasteiger partial charge in [-0.05, 0) is 17.7 Å². The zero-order valence-electron chi connectivity index (χ0n) is 12.6. The number of carbonyl (C=O) groups excluding carboxylic acids is 1. The number of halogens is 1. The second-order valence-electron chi connectivity index (χ2n) is 5.10. The molecular weight excluding hydrogens is 302 g/mol. The summed E-state index contributed by atoms with van der Waals surface area (Å²) in [5.74, 6) is 0. The van der Waals surface area contributed by atoms with Gasteiger partial charge in [0, 0.05) is 31.2 Å². The van der Waals surface area contributed by atoms with Gasteiger partial charge in [0.1, 0.15) is 0 Å². The van der Waals surface area contributed by atoms with Crippen LogP contribution in [-0.4, -0.2) is 50.3 Å². The highest BCUT2D eigenvalue weighted by Crippen LogP contribution is 2.23. The Balaban J connectivity index is 2.04. The van der Waals surface area contributed by atoms with Gasteiger partial charge in [-0.15, -0.1) is 6.58 Å². The average Bonchev–Trinajstić information content (AvgIpc) is 2.54. The van der Waals surface area contributed by atoms with Crippen LogP contribution in [0.15, 0.2) is 36.9 Å². The molecule has 6 heteroatoms. The quantitative estimate of drug-likeness (QED) is 0.789. The van der Waals surface area contributed by atoms with Gasteiger partial charge >= 0.3 is 6.03 Å². The van der Waals surface area contributed by atoms with Crippen LogP contribution in [0, 0.1) is 0 Å². The number of nitrogens with zero attached hydrogens (tertiary/aromatic N) is 1. The minimum atomic E-state index is -0.194. The molecular formula is C16H22ClN3O2. The number of hydrogen-bond donors (Lipinski definition) is 2. The molecule has 0 radical (unpaired) electrons. The highest BCUT2D eigenvalue weighted by molar-refractivity contribution is 6.30. The lowest BCUT2D eigenvalue weighted by Crippen LogP contribution is -2.45. The predicted molar refractivity (Wildman–Crippen MR) is 88.2 cm³/mol. The number of urea groups is 1.